The van der Waals surface area contributed by atoms with Gasteiger partial charge in [-0.15, -0.1) is 0 Å². The molecule has 2 aliphatic heterocycles. The number of benzene rings is 1. The highest BCUT2D eigenvalue weighted by Crippen LogP contribution is 2.39. The number of hydrogen-bond acceptors (Lipinski definition) is 5. The molecule has 230 valence electrons. The summed E-state index contributed by atoms with van der Waals surface area (Å²) in [5, 5.41) is 9.29. The Hall–Kier alpha value is -2.47. The number of ether oxygens (including phenoxy) is 1. The number of carbonyl (C=O) groups excluding carboxylic acids is 1. The maximum atomic E-state index is 16.0. The molecule has 1 saturated carbocycles. The third-order valence-electron chi connectivity index (χ3n) is 9.06. The molecule has 2 atom stereocenters. The lowest BCUT2D eigenvalue weighted by Gasteiger charge is -2.36. The van der Waals surface area contributed by atoms with Crippen LogP contribution in [0.3, 0.4) is 0 Å². The van der Waals surface area contributed by atoms with Gasteiger partial charge < -0.3 is 19.6 Å². The second-order valence-corrected chi connectivity index (χ2v) is 11.5. The number of amides is 1. The van der Waals surface area contributed by atoms with E-state index in [1.54, 1.807) is 18.9 Å². The van der Waals surface area contributed by atoms with Crippen LogP contribution in [0.15, 0.2) is 18.2 Å². The van der Waals surface area contributed by atoms with Crippen LogP contribution in [-0.4, -0.2) is 91.0 Å². The van der Waals surface area contributed by atoms with Crippen LogP contribution in [0.1, 0.15) is 69.2 Å². The van der Waals surface area contributed by atoms with Crippen LogP contribution in [-0.2, 0) is 20.5 Å². The van der Waals surface area contributed by atoms with Crippen LogP contribution in [0.2, 0.25) is 0 Å². The Morgan fingerprint density at radius 3 is 2.34 bits per heavy atom. The zero-order valence-electron chi connectivity index (χ0n) is 23.6. The number of carboxylic acids is 1. The average Bonchev–Trinajstić information content (AvgIpc) is 3.37. The molecule has 12 heteroatoms. The third-order valence-corrected chi connectivity index (χ3v) is 9.06. The number of carbonyl (C=O) groups is 2. The van der Waals surface area contributed by atoms with Crippen LogP contribution in [0, 0.1) is 5.92 Å². The van der Waals surface area contributed by atoms with Crippen molar-refractivity contribution in [2.75, 3.05) is 51.3 Å². The molecule has 0 aromatic heterocycles. The number of likely N-dealkylation sites (N-methyl/N-ethyl adjacent to an activating group) is 1. The molecule has 0 radical (unpaired) electrons. The molecule has 1 N–H and O–H groups in total. The van der Waals surface area contributed by atoms with Crippen molar-refractivity contribution in [3.8, 4) is 0 Å². The summed E-state index contributed by atoms with van der Waals surface area (Å²) < 4.78 is 77.9. The molecule has 3 fully saturated rings. The van der Waals surface area contributed by atoms with E-state index in [9.17, 15) is 27.9 Å². The van der Waals surface area contributed by atoms with Gasteiger partial charge in [-0.3, -0.25) is 14.5 Å². The topological polar surface area (TPSA) is 73.3 Å². The number of piperidine rings is 1. The fourth-order valence-corrected chi connectivity index (χ4v) is 6.49. The van der Waals surface area contributed by atoms with Crippen LogP contribution in [0.25, 0.3) is 0 Å². The molecule has 3 aliphatic rings. The Bertz CT molecular complexity index is 1070. The SMILES string of the molecule is CCN(C[C@@H](F)c1ccc(C(F)(F)F)cc1N1CCC(C(=O)O)CC1)C(=O)[C@@]1(F)CCN(C2CCC(OC)CC2)C1. The molecule has 1 amide bonds. The molecule has 2 heterocycles. The number of halogens is 5. The second kappa shape index (κ2) is 12.8. The summed E-state index contributed by atoms with van der Waals surface area (Å²) in [6.07, 6.45) is -2.42. The van der Waals surface area contributed by atoms with E-state index in [-0.39, 0.29) is 68.8 Å². The summed E-state index contributed by atoms with van der Waals surface area (Å²) in [6.45, 7) is 1.85. The van der Waals surface area contributed by atoms with E-state index in [1.165, 1.54) is 0 Å². The van der Waals surface area contributed by atoms with Gasteiger partial charge in [0.2, 0.25) is 5.67 Å². The number of methoxy groups -OCH3 is 1. The monoisotopic (exact) mass is 589 g/mol. The quantitative estimate of drug-likeness (QED) is 0.398. The smallest absolute Gasteiger partial charge is 0.416 e. The van der Waals surface area contributed by atoms with Crippen molar-refractivity contribution in [1.82, 2.24) is 9.80 Å². The third kappa shape index (κ3) is 7.13. The molecule has 41 heavy (non-hydrogen) atoms. The lowest BCUT2D eigenvalue weighted by Crippen LogP contribution is -2.50. The van der Waals surface area contributed by atoms with E-state index >= 15 is 8.78 Å². The van der Waals surface area contributed by atoms with Gasteiger partial charge in [-0.05, 0) is 57.6 Å². The maximum absolute atomic E-state index is 16.0. The number of hydrogen-bond donors (Lipinski definition) is 1. The lowest BCUT2D eigenvalue weighted by atomic mass is 9.92. The van der Waals surface area contributed by atoms with E-state index in [0.717, 1.165) is 48.8 Å². The summed E-state index contributed by atoms with van der Waals surface area (Å²) in [5.74, 6) is -2.38. The molecule has 0 spiro atoms. The van der Waals surface area contributed by atoms with E-state index < -0.39 is 47.9 Å². The second-order valence-electron chi connectivity index (χ2n) is 11.5. The van der Waals surface area contributed by atoms with Crippen LogP contribution in [0.4, 0.5) is 27.6 Å². The Labute approximate surface area is 237 Å². The summed E-state index contributed by atoms with van der Waals surface area (Å²) in [6, 6.07) is 2.92. The van der Waals surface area contributed by atoms with Crippen molar-refractivity contribution in [2.24, 2.45) is 5.92 Å². The number of aliphatic carboxylic acids is 1. The van der Waals surface area contributed by atoms with Gasteiger partial charge in [0.1, 0.15) is 6.17 Å². The summed E-state index contributed by atoms with van der Waals surface area (Å²) in [4.78, 5) is 29.4. The Balaban J connectivity index is 1.47. The predicted molar refractivity (Wildman–Crippen MR) is 143 cm³/mol. The van der Waals surface area contributed by atoms with Crippen molar-refractivity contribution >= 4 is 17.6 Å². The van der Waals surface area contributed by atoms with Gasteiger partial charge in [-0.2, -0.15) is 13.2 Å². The Morgan fingerprint density at radius 1 is 1.12 bits per heavy atom. The minimum Gasteiger partial charge on any atom is -0.481 e. The molecule has 1 aromatic rings. The van der Waals surface area contributed by atoms with Crippen molar-refractivity contribution < 1.29 is 41.4 Å². The molecule has 7 nitrogen and oxygen atoms in total. The summed E-state index contributed by atoms with van der Waals surface area (Å²) >= 11 is 0. The number of nitrogens with zero attached hydrogens (tertiary/aromatic N) is 3. The van der Waals surface area contributed by atoms with E-state index in [2.05, 4.69) is 0 Å². The highest BCUT2D eigenvalue weighted by Gasteiger charge is 2.49. The molecule has 0 unspecified atom stereocenters. The summed E-state index contributed by atoms with van der Waals surface area (Å²) in [7, 11) is 1.68. The predicted octanol–water partition coefficient (Wildman–Crippen LogP) is 5.24. The zero-order valence-corrected chi connectivity index (χ0v) is 23.6. The lowest BCUT2D eigenvalue weighted by molar-refractivity contribution is -0.144. The first-order valence-corrected chi connectivity index (χ1v) is 14.4. The normalized spacial score (nSPS) is 27.1. The van der Waals surface area contributed by atoms with Gasteiger partial charge in [0.15, 0.2) is 0 Å². The number of anilines is 1. The van der Waals surface area contributed by atoms with Gasteiger partial charge in [-0.1, -0.05) is 6.07 Å². The Morgan fingerprint density at radius 2 is 1.78 bits per heavy atom. The number of likely N-dealkylation sites (tertiary alicyclic amines) is 1. The minimum absolute atomic E-state index is 0.00748. The minimum atomic E-state index is -4.65. The largest absolute Gasteiger partial charge is 0.481 e. The average molecular weight is 590 g/mol. The van der Waals surface area contributed by atoms with Crippen molar-refractivity contribution in [2.45, 2.75) is 82.0 Å². The van der Waals surface area contributed by atoms with Gasteiger partial charge in [0, 0.05) is 63.5 Å². The number of rotatable bonds is 9. The summed E-state index contributed by atoms with van der Waals surface area (Å²) in [5.41, 5.74) is -3.11. The fraction of sp³-hybridized carbons (Fsp3) is 0.724. The maximum Gasteiger partial charge on any atom is 0.416 e. The van der Waals surface area contributed by atoms with Gasteiger partial charge >= 0.3 is 12.1 Å². The van der Waals surface area contributed by atoms with Gasteiger partial charge in [0.25, 0.3) is 5.91 Å². The molecular weight excluding hydrogens is 549 g/mol. The molecule has 0 bridgehead atoms. The van der Waals surface area contributed by atoms with Crippen LogP contribution < -0.4 is 4.90 Å². The van der Waals surface area contributed by atoms with Crippen LogP contribution >= 0.6 is 0 Å². The first-order valence-electron chi connectivity index (χ1n) is 14.4. The molecule has 1 aliphatic carbocycles. The molecule has 1 aromatic carbocycles. The van der Waals surface area contributed by atoms with E-state index in [4.69, 9.17) is 4.74 Å². The highest BCUT2D eigenvalue weighted by atomic mass is 19.4. The Kier molecular flexibility index (Phi) is 9.83. The van der Waals surface area contributed by atoms with Crippen molar-refractivity contribution in [3.63, 3.8) is 0 Å². The highest BCUT2D eigenvalue weighted by molar-refractivity contribution is 5.86. The van der Waals surface area contributed by atoms with Crippen molar-refractivity contribution in [1.29, 1.82) is 0 Å². The first kappa shape index (κ1) is 31.5. The molecule has 2 saturated heterocycles. The van der Waals surface area contributed by atoms with Gasteiger partial charge in [0.05, 0.1) is 24.1 Å². The zero-order chi connectivity index (χ0) is 29.9. The first-order chi connectivity index (χ1) is 19.4. The number of carboxylic acid groups (broad SMARTS) is 1. The number of alkyl halides is 5. The molecular formula is C29H40F5N3O4. The van der Waals surface area contributed by atoms with Crippen LogP contribution in [0.5, 0.6) is 0 Å². The van der Waals surface area contributed by atoms with E-state index in [0.29, 0.717) is 6.54 Å². The standard InChI is InChI=1S/C29H40F5N3O4/c1-3-35(27(40)28(31)12-15-37(18-28)21-5-7-22(41-2)8-6-21)17-24(30)23-9-4-20(29(32,33)34)16-25(23)36-13-10-19(11-14-36)26(38)39/h4,9,16,19,21-22,24H,3,5-8,10-15,17-18H2,1-2H3,(H,38,39)/t21?,22?,24-,28-/m1/s1. The van der Waals surface area contributed by atoms with Gasteiger partial charge in [-0.25, -0.2) is 8.78 Å². The molecule has 4 rings (SSSR count). The fourth-order valence-electron chi connectivity index (χ4n) is 6.49. The van der Waals surface area contributed by atoms with Crippen molar-refractivity contribution in [3.05, 3.63) is 29.3 Å². The van der Waals surface area contributed by atoms with E-state index in [1.807, 2.05) is 4.90 Å².